The molecular weight excluding hydrogens is 358 g/mol. The molecule has 0 aliphatic carbocycles. The first-order chi connectivity index (χ1) is 12.9. The largest absolute Gasteiger partial charge is 0.381 e. The van der Waals surface area contributed by atoms with Crippen LogP contribution < -0.4 is 0 Å². The van der Waals surface area contributed by atoms with Crippen molar-refractivity contribution in [3.8, 4) is 23.7 Å². The van der Waals surface area contributed by atoms with Crippen molar-refractivity contribution in [2.75, 3.05) is 13.1 Å². The molecule has 140 valence electrons. The quantitative estimate of drug-likeness (QED) is 0.811. The minimum atomic E-state index is -3.67. The van der Waals surface area contributed by atoms with E-state index < -0.39 is 16.1 Å². The summed E-state index contributed by atoms with van der Waals surface area (Å²) in [6.07, 6.45) is -0.409. The predicted molar refractivity (Wildman–Crippen MR) is 107 cm³/mol. The Bertz CT molecular complexity index is 957. The fourth-order valence-corrected chi connectivity index (χ4v) is 3.64. The molecule has 5 heteroatoms. The van der Waals surface area contributed by atoms with Crippen LogP contribution in [0.5, 0.6) is 0 Å². The molecule has 0 spiro atoms. The van der Waals surface area contributed by atoms with Crippen LogP contribution >= 0.6 is 0 Å². The summed E-state index contributed by atoms with van der Waals surface area (Å²) in [4.78, 5) is 0.234. The lowest BCUT2D eigenvalue weighted by atomic mass is 10.2. The van der Waals surface area contributed by atoms with E-state index >= 15 is 0 Å². The van der Waals surface area contributed by atoms with Gasteiger partial charge in [0.25, 0.3) is 0 Å². The molecule has 0 radical (unpaired) electrons. The van der Waals surface area contributed by atoms with Gasteiger partial charge in [0.15, 0.2) is 0 Å². The summed E-state index contributed by atoms with van der Waals surface area (Å²) in [5.41, 5.74) is 1.83. The van der Waals surface area contributed by atoms with Gasteiger partial charge in [-0.15, -0.1) is 0 Å². The van der Waals surface area contributed by atoms with E-state index in [9.17, 15) is 13.5 Å². The van der Waals surface area contributed by atoms with Gasteiger partial charge in [-0.25, -0.2) is 8.42 Å². The maximum Gasteiger partial charge on any atom is 0.243 e. The number of aliphatic hydroxyl groups is 1. The zero-order chi connectivity index (χ0) is 19.7. The van der Waals surface area contributed by atoms with Crippen LogP contribution in [0.4, 0.5) is 0 Å². The average molecular weight is 381 g/mol. The SMILES string of the molecule is Cc1ccc(S(=O)(=O)N(CC#Cc2ccccc2)CCC#CC(C)O)cc1. The van der Waals surface area contributed by atoms with Gasteiger partial charge >= 0.3 is 0 Å². The van der Waals surface area contributed by atoms with Gasteiger partial charge in [-0.3, -0.25) is 0 Å². The summed E-state index contributed by atoms with van der Waals surface area (Å²) in [5, 5.41) is 9.22. The molecule has 4 nitrogen and oxygen atoms in total. The molecule has 0 fully saturated rings. The normalized spacial score (nSPS) is 11.9. The molecule has 0 amide bonds. The van der Waals surface area contributed by atoms with Crippen LogP contribution in [-0.2, 0) is 10.0 Å². The Morgan fingerprint density at radius 2 is 1.70 bits per heavy atom. The molecule has 0 aliphatic heterocycles. The first kappa shape index (κ1) is 20.7. The molecule has 0 saturated heterocycles. The van der Waals surface area contributed by atoms with Gasteiger partial charge in [-0.1, -0.05) is 59.6 Å². The first-order valence-electron chi connectivity index (χ1n) is 8.67. The van der Waals surface area contributed by atoms with Crippen LogP contribution in [0.2, 0.25) is 0 Å². The smallest absolute Gasteiger partial charge is 0.243 e. The van der Waals surface area contributed by atoms with E-state index in [1.165, 1.54) is 4.31 Å². The maximum absolute atomic E-state index is 13.0. The van der Waals surface area contributed by atoms with E-state index in [0.717, 1.165) is 11.1 Å². The Balaban J connectivity index is 2.22. The highest BCUT2D eigenvalue weighted by molar-refractivity contribution is 7.89. The topological polar surface area (TPSA) is 57.6 Å². The summed E-state index contributed by atoms with van der Waals surface area (Å²) < 4.78 is 27.3. The number of hydrogen-bond donors (Lipinski definition) is 1. The van der Waals surface area contributed by atoms with Gasteiger partial charge in [0.05, 0.1) is 11.4 Å². The Kier molecular flexibility index (Phi) is 7.64. The fourth-order valence-electron chi connectivity index (χ4n) is 2.30. The Morgan fingerprint density at radius 1 is 1.04 bits per heavy atom. The molecule has 0 aliphatic rings. The minimum Gasteiger partial charge on any atom is -0.381 e. The Labute approximate surface area is 161 Å². The number of nitrogens with zero attached hydrogens (tertiary/aromatic N) is 1. The fraction of sp³-hybridized carbons (Fsp3) is 0.273. The minimum absolute atomic E-state index is 0.0709. The Morgan fingerprint density at radius 3 is 2.33 bits per heavy atom. The molecule has 0 bridgehead atoms. The van der Waals surface area contributed by atoms with Gasteiger partial charge in [0.2, 0.25) is 10.0 Å². The van der Waals surface area contributed by atoms with Crippen molar-refractivity contribution in [3.63, 3.8) is 0 Å². The summed E-state index contributed by atoms with van der Waals surface area (Å²) in [7, 11) is -3.67. The van der Waals surface area contributed by atoms with Gasteiger partial charge in [0, 0.05) is 18.5 Å². The lowest BCUT2D eigenvalue weighted by Crippen LogP contribution is -2.32. The zero-order valence-electron chi connectivity index (χ0n) is 15.5. The zero-order valence-corrected chi connectivity index (χ0v) is 16.3. The second-order valence-corrected chi connectivity index (χ2v) is 8.00. The van der Waals surface area contributed by atoms with Crippen molar-refractivity contribution in [1.82, 2.24) is 4.31 Å². The van der Waals surface area contributed by atoms with E-state index in [-0.39, 0.29) is 18.0 Å². The third-order valence-electron chi connectivity index (χ3n) is 3.72. The van der Waals surface area contributed by atoms with Crippen molar-refractivity contribution >= 4 is 10.0 Å². The molecule has 1 unspecified atom stereocenters. The number of benzene rings is 2. The average Bonchev–Trinajstić information content (AvgIpc) is 2.64. The van der Waals surface area contributed by atoms with Crippen LogP contribution in [0.3, 0.4) is 0 Å². The van der Waals surface area contributed by atoms with E-state index in [1.54, 1.807) is 31.2 Å². The van der Waals surface area contributed by atoms with E-state index in [4.69, 9.17) is 0 Å². The summed E-state index contributed by atoms with van der Waals surface area (Å²) in [6.45, 7) is 3.76. The molecule has 2 aromatic carbocycles. The molecule has 2 rings (SSSR count). The highest BCUT2D eigenvalue weighted by Gasteiger charge is 2.23. The number of rotatable bonds is 5. The maximum atomic E-state index is 13.0. The molecule has 0 saturated carbocycles. The van der Waals surface area contributed by atoms with Gasteiger partial charge < -0.3 is 5.11 Å². The molecule has 0 aromatic heterocycles. The molecule has 0 heterocycles. The van der Waals surface area contributed by atoms with E-state index in [1.807, 2.05) is 37.3 Å². The second kappa shape index (κ2) is 9.94. The monoisotopic (exact) mass is 381 g/mol. The van der Waals surface area contributed by atoms with E-state index in [2.05, 4.69) is 23.7 Å². The van der Waals surface area contributed by atoms with Crippen molar-refractivity contribution in [1.29, 1.82) is 0 Å². The summed E-state index contributed by atoms with van der Waals surface area (Å²) in [6, 6.07) is 16.2. The third kappa shape index (κ3) is 6.58. The third-order valence-corrected chi connectivity index (χ3v) is 5.58. The van der Waals surface area contributed by atoms with E-state index in [0.29, 0.717) is 6.42 Å². The van der Waals surface area contributed by atoms with Crippen LogP contribution in [0, 0.1) is 30.6 Å². The Hall–Kier alpha value is -2.57. The van der Waals surface area contributed by atoms with Crippen LogP contribution in [0.15, 0.2) is 59.5 Å². The number of hydrogen-bond acceptors (Lipinski definition) is 3. The van der Waals surface area contributed by atoms with Gasteiger partial charge in [-0.05, 0) is 38.1 Å². The highest BCUT2D eigenvalue weighted by atomic mass is 32.2. The van der Waals surface area contributed by atoms with Crippen molar-refractivity contribution in [2.24, 2.45) is 0 Å². The molecular formula is C22H23NO3S. The number of aliphatic hydroxyl groups excluding tert-OH is 1. The predicted octanol–water partition coefficient (Wildman–Crippen LogP) is 2.81. The van der Waals surface area contributed by atoms with Crippen LogP contribution in [-0.4, -0.2) is 37.0 Å². The van der Waals surface area contributed by atoms with Crippen molar-refractivity contribution in [2.45, 2.75) is 31.3 Å². The summed E-state index contributed by atoms with van der Waals surface area (Å²) >= 11 is 0. The molecule has 27 heavy (non-hydrogen) atoms. The number of aryl methyl sites for hydroxylation is 1. The second-order valence-electron chi connectivity index (χ2n) is 6.07. The van der Waals surface area contributed by atoms with Gasteiger partial charge in [-0.2, -0.15) is 4.31 Å². The van der Waals surface area contributed by atoms with Crippen molar-refractivity contribution < 1.29 is 13.5 Å². The standard InChI is InChI=1S/C22H23NO3S/c1-19-13-15-22(16-14-19)27(25,26)23(17-7-6-9-20(2)24)18-8-12-21-10-4-3-5-11-21/h3-5,10-11,13-16,20,24H,7,17-18H2,1-2H3. The number of sulfonamides is 1. The van der Waals surface area contributed by atoms with Crippen LogP contribution in [0.1, 0.15) is 24.5 Å². The summed E-state index contributed by atoms with van der Waals surface area (Å²) in [5.74, 6) is 11.4. The van der Waals surface area contributed by atoms with Crippen molar-refractivity contribution in [3.05, 3.63) is 65.7 Å². The molecule has 1 N–H and O–H groups in total. The lowest BCUT2D eigenvalue weighted by molar-refractivity contribution is 0.253. The molecule has 1 atom stereocenters. The lowest BCUT2D eigenvalue weighted by Gasteiger charge is -2.19. The molecule has 2 aromatic rings. The van der Waals surface area contributed by atoms with Gasteiger partial charge in [0.1, 0.15) is 6.10 Å². The van der Waals surface area contributed by atoms with Crippen LogP contribution in [0.25, 0.3) is 0 Å². The highest BCUT2D eigenvalue weighted by Crippen LogP contribution is 2.16. The first-order valence-corrected chi connectivity index (χ1v) is 10.1.